The van der Waals surface area contributed by atoms with Gasteiger partial charge in [0, 0.05) is 6.54 Å². The first-order valence-electron chi connectivity index (χ1n) is 6.82. The van der Waals surface area contributed by atoms with Crippen LogP contribution in [0.25, 0.3) is 0 Å². The zero-order valence-electron chi connectivity index (χ0n) is 12.5. The first-order valence-corrected chi connectivity index (χ1v) is 8.26. The van der Waals surface area contributed by atoms with Crippen LogP contribution in [0.5, 0.6) is 0 Å². The van der Waals surface area contributed by atoms with E-state index in [1.165, 1.54) is 24.3 Å². The number of rotatable bonds is 8. The molecule has 0 aliphatic heterocycles. The summed E-state index contributed by atoms with van der Waals surface area (Å²) < 4.78 is 31.0. The monoisotopic (exact) mass is 329 g/mol. The van der Waals surface area contributed by atoms with E-state index in [4.69, 9.17) is 9.84 Å². The summed E-state index contributed by atoms with van der Waals surface area (Å²) in [6.45, 7) is 2.85. The van der Waals surface area contributed by atoms with Crippen LogP contribution in [0.3, 0.4) is 0 Å². The SMILES string of the molecule is CCCN(CC(=O)O)S(=O)(=O)c1ccccc1C(=O)OCC. The van der Waals surface area contributed by atoms with Crippen molar-refractivity contribution >= 4 is 22.0 Å². The Morgan fingerprint density at radius 3 is 2.41 bits per heavy atom. The highest BCUT2D eigenvalue weighted by atomic mass is 32.2. The highest BCUT2D eigenvalue weighted by Crippen LogP contribution is 2.21. The Morgan fingerprint density at radius 1 is 1.23 bits per heavy atom. The van der Waals surface area contributed by atoms with Crippen LogP contribution in [0, 0.1) is 0 Å². The molecule has 1 aromatic carbocycles. The van der Waals surface area contributed by atoms with Crippen LogP contribution in [-0.4, -0.2) is 49.5 Å². The normalized spacial score (nSPS) is 11.4. The first kappa shape index (κ1) is 18.1. The third-order valence-electron chi connectivity index (χ3n) is 2.78. The van der Waals surface area contributed by atoms with Crippen LogP contribution in [-0.2, 0) is 19.6 Å². The predicted molar refractivity (Wildman–Crippen MR) is 79.1 cm³/mol. The molecular weight excluding hydrogens is 310 g/mol. The molecule has 22 heavy (non-hydrogen) atoms. The molecule has 0 heterocycles. The Labute approximate surface area is 129 Å². The van der Waals surface area contributed by atoms with Gasteiger partial charge in [0.05, 0.1) is 17.1 Å². The van der Waals surface area contributed by atoms with Crippen LogP contribution in [0.15, 0.2) is 29.2 Å². The fraction of sp³-hybridized carbons (Fsp3) is 0.429. The number of sulfonamides is 1. The number of esters is 1. The molecule has 0 saturated heterocycles. The molecule has 0 aromatic heterocycles. The van der Waals surface area contributed by atoms with Crippen LogP contribution >= 0.6 is 0 Å². The molecule has 7 nitrogen and oxygen atoms in total. The van der Waals surface area contributed by atoms with Crippen molar-refractivity contribution in [3.8, 4) is 0 Å². The maximum Gasteiger partial charge on any atom is 0.339 e. The van der Waals surface area contributed by atoms with Crippen molar-refractivity contribution in [3.63, 3.8) is 0 Å². The molecule has 0 fully saturated rings. The number of hydrogen-bond donors (Lipinski definition) is 1. The van der Waals surface area contributed by atoms with Crippen molar-refractivity contribution in [1.29, 1.82) is 0 Å². The van der Waals surface area contributed by atoms with Crippen molar-refractivity contribution in [2.24, 2.45) is 0 Å². The smallest absolute Gasteiger partial charge is 0.339 e. The number of carbonyl (C=O) groups is 2. The summed E-state index contributed by atoms with van der Waals surface area (Å²) in [6.07, 6.45) is 0.452. The van der Waals surface area contributed by atoms with Gasteiger partial charge in [0.15, 0.2) is 0 Å². The van der Waals surface area contributed by atoms with E-state index < -0.39 is 28.5 Å². The van der Waals surface area contributed by atoms with E-state index in [-0.39, 0.29) is 23.6 Å². The molecule has 0 atom stereocenters. The number of aliphatic carboxylic acids is 1. The fourth-order valence-electron chi connectivity index (χ4n) is 1.89. The molecule has 0 aliphatic carbocycles. The molecule has 0 unspecified atom stereocenters. The lowest BCUT2D eigenvalue weighted by Crippen LogP contribution is -2.37. The Hall–Kier alpha value is -1.93. The minimum atomic E-state index is -4.10. The van der Waals surface area contributed by atoms with Gasteiger partial charge in [-0.1, -0.05) is 19.1 Å². The van der Waals surface area contributed by atoms with E-state index >= 15 is 0 Å². The minimum Gasteiger partial charge on any atom is -0.480 e. The fourth-order valence-corrected chi connectivity index (χ4v) is 3.55. The van der Waals surface area contributed by atoms with Gasteiger partial charge in [-0.3, -0.25) is 4.79 Å². The van der Waals surface area contributed by atoms with Crippen molar-refractivity contribution in [2.45, 2.75) is 25.2 Å². The second kappa shape index (κ2) is 7.90. The molecule has 0 amide bonds. The second-order valence-corrected chi connectivity index (χ2v) is 6.36. The molecule has 122 valence electrons. The lowest BCUT2D eigenvalue weighted by atomic mass is 10.2. The standard InChI is InChI=1S/C14H19NO6S/c1-3-9-15(10-13(16)17)22(19,20)12-8-6-5-7-11(12)14(18)21-4-2/h5-8H,3-4,9-10H2,1-2H3,(H,16,17). The van der Waals surface area contributed by atoms with Gasteiger partial charge >= 0.3 is 11.9 Å². The lowest BCUT2D eigenvalue weighted by molar-refractivity contribution is -0.137. The van der Waals surface area contributed by atoms with Crippen LogP contribution < -0.4 is 0 Å². The predicted octanol–water partition coefficient (Wildman–Crippen LogP) is 1.35. The molecule has 0 radical (unpaired) electrons. The Balaban J connectivity index is 3.31. The summed E-state index contributed by atoms with van der Waals surface area (Å²) in [5.74, 6) is -2.01. The summed E-state index contributed by atoms with van der Waals surface area (Å²) in [5, 5.41) is 8.89. The number of carboxylic acids is 1. The molecule has 8 heteroatoms. The molecule has 0 bridgehead atoms. The van der Waals surface area contributed by atoms with Crippen molar-refractivity contribution in [1.82, 2.24) is 4.31 Å². The first-order chi connectivity index (χ1) is 10.3. The largest absolute Gasteiger partial charge is 0.480 e. The quantitative estimate of drug-likeness (QED) is 0.722. The van der Waals surface area contributed by atoms with E-state index in [1.807, 2.05) is 0 Å². The number of ether oxygens (including phenoxy) is 1. The van der Waals surface area contributed by atoms with Crippen molar-refractivity contribution in [3.05, 3.63) is 29.8 Å². The summed E-state index contributed by atoms with van der Waals surface area (Å²) in [5.41, 5.74) is -0.101. The van der Waals surface area contributed by atoms with Gasteiger partial charge in [0.2, 0.25) is 10.0 Å². The molecule has 0 spiro atoms. The number of benzene rings is 1. The van der Waals surface area contributed by atoms with E-state index in [2.05, 4.69) is 0 Å². The van der Waals surface area contributed by atoms with E-state index in [1.54, 1.807) is 13.8 Å². The maximum absolute atomic E-state index is 12.6. The van der Waals surface area contributed by atoms with Gasteiger partial charge in [-0.15, -0.1) is 0 Å². The average Bonchev–Trinajstić information content (AvgIpc) is 2.46. The number of carboxylic acid groups (broad SMARTS) is 1. The van der Waals surface area contributed by atoms with Gasteiger partial charge in [-0.05, 0) is 25.5 Å². The number of nitrogens with zero attached hydrogens (tertiary/aromatic N) is 1. The summed E-state index contributed by atoms with van der Waals surface area (Å²) in [7, 11) is -4.10. The maximum atomic E-state index is 12.6. The Bertz CT molecular complexity index is 640. The van der Waals surface area contributed by atoms with E-state index in [9.17, 15) is 18.0 Å². The van der Waals surface area contributed by atoms with Gasteiger partial charge in [-0.2, -0.15) is 4.31 Å². The van der Waals surface area contributed by atoms with E-state index in [0.29, 0.717) is 6.42 Å². The summed E-state index contributed by atoms with van der Waals surface area (Å²) in [4.78, 5) is 22.5. The molecule has 1 rings (SSSR count). The molecule has 0 aliphatic rings. The van der Waals surface area contributed by atoms with Gasteiger partial charge in [0.1, 0.15) is 6.54 Å². The Morgan fingerprint density at radius 2 is 1.86 bits per heavy atom. The molecule has 1 aromatic rings. The lowest BCUT2D eigenvalue weighted by Gasteiger charge is -2.21. The highest BCUT2D eigenvalue weighted by Gasteiger charge is 2.30. The van der Waals surface area contributed by atoms with Crippen molar-refractivity contribution in [2.75, 3.05) is 19.7 Å². The average molecular weight is 329 g/mol. The van der Waals surface area contributed by atoms with Gasteiger partial charge in [-0.25, -0.2) is 13.2 Å². The number of carbonyl (C=O) groups excluding carboxylic acids is 1. The summed E-state index contributed by atoms with van der Waals surface area (Å²) in [6, 6.07) is 5.61. The third-order valence-corrected chi connectivity index (χ3v) is 4.69. The Kier molecular flexibility index (Phi) is 6.51. The van der Waals surface area contributed by atoms with Gasteiger partial charge in [0.25, 0.3) is 0 Å². The van der Waals surface area contributed by atoms with Crippen LogP contribution in [0.2, 0.25) is 0 Å². The number of hydrogen-bond acceptors (Lipinski definition) is 5. The van der Waals surface area contributed by atoms with Crippen molar-refractivity contribution < 1.29 is 27.9 Å². The third kappa shape index (κ3) is 4.28. The van der Waals surface area contributed by atoms with Crippen LogP contribution in [0.4, 0.5) is 0 Å². The summed E-state index contributed by atoms with van der Waals surface area (Å²) >= 11 is 0. The second-order valence-electron chi connectivity index (χ2n) is 4.45. The zero-order valence-corrected chi connectivity index (χ0v) is 13.3. The highest BCUT2D eigenvalue weighted by molar-refractivity contribution is 7.89. The molecular formula is C14H19NO6S. The van der Waals surface area contributed by atoms with Gasteiger partial charge < -0.3 is 9.84 Å². The topological polar surface area (TPSA) is 101 Å². The van der Waals surface area contributed by atoms with E-state index in [0.717, 1.165) is 4.31 Å². The van der Waals surface area contributed by atoms with Crippen LogP contribution in [0.1, 0.15) is 30.6 Å². The molecule has 0 saturated carbocycles. The molecule has 1 N–H and O–H groups in total. The minimum absolute atomic E-state index is 0.0474. The zero-order chi connectivity index (χ0) is 16.8.